The molecule has 1 aromatic rings. The van der Waals surface area contributed by atoms with E-state index in [0.717, 1.165) is 37.1 Å². The van der Waals surface area contributed by atoms with Crippen LogP contribution in [0.1, 0.15) is 37.8 Å². The van der Waals surface area contributed by atoms with Crippen LogP contribution < -0.4 is 15.4 Å². The highest BCUT2D eigenvalue weighted by Crippen LogP contribution is 2.32. The average molecular weight is 274 g/mol. The van der Waals surface area contributed by atoms with Crippen molar-refractivity contribution in [2.75, 3.05) is 13.2 Å². The number of carbonyl (C=O) groups excluding carboxylic acids is 1. The molecule has 2 heterocycles. The molecular weight excluding hydrogens is 252 g/mol. The number of piperidine rings is 1. The number of hydrogen-bond donors (Lipinski definition) is 2. The monoisotopic (exact) mass is 274 g/mol. The number of carbonyl (C=O) groups is 1. The van der Waals surface area contributed by atoms with E-state index >= 15 is 0 Å². The van der Waals surface area contributed by atoms with E-state index in [0.29, 0.717) is 12.6 Å². The number of fused-ring (bicyclic) bond motifs is 1. The first kappa shape index (κ1) is 13.4. The third-order valence-electron chi connectivity index (χ3n) is 4.27. The van der Waals surface area contributed by atoms with Crippen molar-refractivity contribution in [3.63, 3.8) is 0 Å². The summed E-state index contributed by atoms with van der Waals surface area (Å²) < 4.78 is 5.64. The molecule has 108 valence electrons. The minimum absolute atomic E-state index is 0.0950. The molecule has 4 nitrogen and oxygen atoms in total. The van der Waals surface area contributed by atoms with Gasteiger partial charge in [0.05, 0.1) is 12.6 Å². The number of rotatable bonds is 2. The summed E-state index contributed by atoms with van der Waals surface area (Å²) in [5, 5.41) is 6.60. The molecule has 20 heavy (non-hydrogen) atoms. The van der Waals surface area contributed by atoms with Gasteiger partial charge in [-0.15, -0.1) is 0 Å². The Kier molecular flexibility index (Phi) is 3.92. The van der Waals surface area contributed by atoms with E-state index in [2.05, 4.69) is 17.6 Å². The maximum Gasteiger partial charge on any atom is 0.223 e. The number of benzene rings is 1. The predicted octanol–water partition coefficient (Wildman–Crippen LogP) is 2.01. The minimum atomic E-state index is 0.0950. The Morgan fingerprint density at radius 2 is 2.20 bits per heavy atom. The topological polar surface area (TPSA) is 50.4 Å². The summed E-state index contributed by atoms with van der Waals surface area (Å²) in [6, 6.07) is 8.51. The first-order valence-corrected chi connectivity index (χ1v) is 7.49. The van der Waals surface area contributed by atoms with Gasteiger partial charge < -0.3 is 15.4 Å². The van der Waals surface area contributed by atoms with Crippen LogP contribution in [0.25, 0.3) is 0 Å². The van der Waals surface area contributed by atoms with Crippen molar-refractivity contribution < 1.29 is 9.53 Å². The second kappa shape index (κ2) is 5.83. The molecule has 2 N–H and O–H groups in total. The standard InChI is InChI=1S/C16H22N2O2/c1-11-10-12(6-8-17-11)16(19)18-14-7-9-20-15-5-3-2-4-13(14)15/h2-5,11-12,14,17H,6-10H2,1H3,(H,18,19)/t11-,12-,14?/m0/s1. The highest BCUT2D eigenvalue weighted by Gasteiger charge is 2.28. The Hall–Kier alpha value is -1.55. The number of ether oxygens (including phenoxy) is 1. The van der Waals surface area contributed by atoms with Crippen molar-refractivity contribution in [1.29, 1.82) is 0 Å². The van der Waals surface area contributed by atoms with Crippen LogP contribution in [-0.2, 0) is 4.79 Å². The molecular formula is C16H22N2O2. The van der Waals surface area contributed by atoms with Crippen molar-refractivity contribution in [2.45, 2.75) is 38.3 Å². The molecule has 3 rings (SSSR count). The highest BCUT2D eigenvalue weighted by molar-refractivity contribution is 5.79. The molecule has 0 bridgehead atoms. The van der Waals surface area contributed by atoms with Gasteiger partial charge in [0.1, 0.15) is 5.75 Å². The van der Waals surface area contributed by atoms with Gasteiger partial charge in [-0.1, -0.05) is 18.2 Å². The van der Waals surface area contributed by atoms with Crippen LogP contribution in [0.5, 0.6) is 5.75 Å². The lowest BCUT2D eigenvalue weighted by Crippen LogP contribution is -2.43. The fourth-order valence-electron chi connectivity index (χ4n) is 3.15. The van der Waals surface area contributed by atoms with Gasteiger partial charge in [0.15, 0.2) is 0 Å². The number of hydrogen-bond acceptors (Lipinski definition) is 3. The summed E-state index contributed by atoms with van der Waals surface area (Å²) >= 11 is 0. The minimum Gasteiger partial charge on any atom is -0.493 e. The Bertz CT molecular complexity index is 489. The summed E-state index contributed by atoms with van der Waals surface area (Å²) in [6.07, 6.45) is 2.71. The van der Waals surface area contributed by atoms with E-state index in [1.807, 2.05) is 24.3 Å². The summed E-state index contributed by atoms with van der Waals surface area (Å²) in [6.45, 7) is 3.75. The Morgan fingerprint density at radius 3 is 3.05 bits per heavy atom. The average Bonchev–Trinajstić information content (AvgIpc) is 2.47. The molecule has 2 aliphatic heterocycles. The summed E-state index contributed by atoms with van der Waals surface area (Å²) in [5.41, 5.74) is 1.11. The maximum absolute atomic E-state index is 12.4. The zero-order valence-corrected chi connectivity index (χ0v) is 11.9. The summed E-state index contributed by atoms with van der Waals surface area (Å²) in [5.74, 6) is 1.24. The van der Waals surface area contributed by atoms with Crippen molar-refractivity contribution in [3.05, 3.63) is 29.8 Å². The molecule has 1 saturated heterocycles. The summed E-state index contributed by atoms with van der Waals surface area (Å²) in [4.78, 5) is 12.4. The first-order valence-electron chi connectivity index (χ1n) is 7.49. The van der Waals surface area contributed by atoms with Crippen LogP contribution in [0.2, 0.25) is 0 Å². The second-order valence-corrected chi connectivity index (χ2v) is 5.81. The van der Waals surface area contributed by atoms with Crippen LogP contribution >= 0.6 is 0 Å². The van der Waals surface area contributed by atoms with Crippen molar-refractivity contribution >= 4 is 5.91 Å². The molecule has 1 aromatic carbocycles. The molecule has 1 amide bonds. The van der Waals surface area contributed by atoms with Crippen molar-refractivity contribution in [3.8, 4) is 5.75 Å². The predicted molar refractivity (Wildman–Crippen MR) is 77.6 cm³/mol. The van der Waals surface area contributed by atoms with Gasteiger partial charge in [0.2, 0.25) is 5.91 Å². The first-order chi connectivity index (χ1) is 9.74. The van der Waals surface area contributed by atoms with Gasteiger partial charge >= 0.3 is 0 Å². The quantitative estimate of drug-likeness (QED) is 0.867. The third kappa shape index (κ3) is 2.80. The Morgan fingerprint density at radius 1 is 1.35 bits per heavy atom. The van der Waals surface area contributed by atoms with Gasteiger partial charge in [-0.2, -0.15) is 0 Å². The fraction of sp³-hybridized carbons (Fsp3) is 0.562. The molecule has 3 atom stereocenters. The van der Waals surface area contributed by atoms with E-state index in [1.165, 1.54) is 0 Å². The normalized spacial score (nSPS) is 29.1. The van der Waals surface area contributed by atoms with Crippen molar-refractivity contribution in [2.24, 2.45) is 5.92 Å². The SMILES string of the molecule is C[C@H]1C[C@@H](C(=O)NC2CCOc3ccccc32)CCN1. The second-order valence-electron chi connectivity index (χ2n) is 5.81. The van der Waals surface area contributed by atoms with E-state index in [-0.39, 0.29) is 17.9 Å². The van der Waals surface area contributed by atoms with E-state index in [4.69, 9.17) is 4.74 Å². The zero-order chi connectivity index (χ0) is 13.9. The van der Waals surface area contributed by atoms with E-state index in [1.54, 1.807) is 0 Å². The van der Waals surface area contributed by atoms with E-state index < -0.39 is 0 Å². The van der Waals surface area contributed by atoms with Gasteiger partial charge in [-0.05, 0) is 32.4 Å². The molecule has 1 unspecified atom stereocenters. The smallest absolute Gasteiger partial charge is 0.223 e. The van der Waals surface area contributed by atoms with Gasteiger partial charge in [0.25, 0.3) is 0 Å². The molecule has 2 aliphatic rings. The van der Waals surface area contributed by atoms with Gasteiger partial charge in [0, 0.05) is 23.9 Å². The molecule has 1 fully saturated rings. The maximum atomic E-state index is 12.4. The van der Waals surface area contributed by atoms with Gasteiger partial charge in [-0.3, -0.25) is 4.79 Å². The number of amides is 1. The van der Waals surface area contributed by atoms with Crippen LogP contribution in [0, 0.1) is 5.92 Å². The molecule has 0 spiro atoms. The lowest BCUT2D eigenvalue weighted by Gasteiger charge is -2.31. The van der Waals surface area contributed by atoms with Crippen LogP contribution in [-0.4, -0.2) is 25.1 Å². The molecule has 0 saturated carbocycles. The molecule has 4 heteroatoms. The largest absolute Gasteiger partial charge is 0.493 e. The molecule has 0 radical (unpaired) electrons. The van der Waals surface area contributed by atoms with Crippen LogP contribution in [0.4, 0.5) is 0 Å². The fourth-order valence-corrected chi connectivity index (χ4v) is 3.15. The van der Waals surface area contributed by atoms with Crippen LogP contribution in [0.15, 0.2) is 24.3 Å². The molecule has 0 aliphatic carbocycles. The third-order valence-corrected chi connectivity index (χ3v) is 4.27. The Balaban J connectivity index is 1.68. The van der Waals surface area contributed by atoms with Crippen molar-refractivity contribution in [1.82, 2.24) is 10.6 Å². The van der Waals surface area contributed by atoms with Gasteiger partial charge in [-0.25, -0.2) is 0 Å². The molecule has 0 aromatic heterocycles. The highest BCUT2D eigenvalue weighted by atomic mass is 16.5. The zero-order valence-electron chi connectivity index (χ0n) is 11.9. The lowest BCUT2D eigenvalue weighted by atomic mass is 9.91. The lowest BCUT2D eigenvalue weighted by molar-refractivity contribution is -0.127. The summed E-state index contributed by atoms with van der Waals surface area (Å²) in [7, 11) is 0. The Labute approximate surface area is 119 Å². The van der Waals surface area contributed by atoms with Crippen LogP contribution in [0.3, 0.4) is 0 Å². The number of nitrogens with one attached hydrogen (secondary N) is 2. The number of para-hydroxylation sites is 1. The van der Waals surface area contributed by atoms with E-state index in [9.17, 15) is 4.79 Å².